The first kappa shape index (κ1) is 19.1. The molecule has 2 aliphatic carbocycles. The van der Waals surface area contributed by atoms with Gasteiger partial charge in [-0.1, -0.05) is 55.5 Å². The Morgan fingerprint density at radius 3 is 2.78 bits per heavy atom. The maximum Gasteiger partial charge on any atom is 0.407 e. The van der Waals surface area contributed by atoms with Gasteiger partial charge in [0.15, 0.2) is 5.78 Å². The van der Waals surface area contributed by atoms with Crippen molar-refractivity contribution in [2.45, 2.75) is 32.8 Å². The van der Waals surface area contributed by atoms with E-state index in [9.17, 15) is 14.4 Å². The average Bonchev–Trinajstić information content (AvgIpc) is 2.94. The van der Waals surface area contributed by atoms with Gasteiger partial charge in [0.25, 0.3) is 0 Å². The van der Waals surface area contributed by atoms with Crippen molar-refractivity contribution in [3.05, 3.63) is 59.7 Å². The monoisotopic (exact) mass is 367 g/mol. The van der Waals surface area contributed by atoms with Crippen LogP contribution in [-0.2, 0) is 20.9 Å². The zero-order chi connectivity index (χ0) is 19.2. The lowest BCUT2D eigenvalue weighted by Crippen LogP contribution is -2.37. The van der Waals surface area contributed by atoms with E-state index < -0.39 is 6.09 Å². The van der Waals surface area contributed by atoms with Crippen LogP contribution in [0.15, 0.2) is 54.1 Å². The Hall–Kier alpha value is -2.69. The molecule has 2 aliphatic rings. The maximum atomic E-state index is 13.1. The van der Waals surface area contributed by atoms with E-state index in [-0.39, 0.29) is 42.5 Å². The van der Waals surface area contributed by atoms with Gasteiger partial charge in [0, 0.05) is 30.4 Å². The molecule has 5 nitrogen and oxygen atoms in total. The number of alkyl carbamates (subject to hydrolysis) is 1. The number of allylic oxidation sites excluding steroid dienone is 4. The van der Waals surface area contributed by atoms with Crippen molar-refractivity contribution in [3.63, 3.8) is 0 Å². The van der Waals surface area contributed by atoms with E-state index in [2.05, 4.69) is 5.32 Å². The smallest absolute Gasteiger partial charge is 0.407 e. The van der Waals surface area contributed by atoms with Crippen molar-refractivity contribution in [2.75, 3.05) is 6.54 Å². The first-order chi connectivity index (χ1) is 13.1. The minimum Gasteiger partial charge on any atom is -0.445 e. The molecule has 1 saturated carbocycles. The van der Waals surface area contributed by atoms with Crippen LogP contribution < -0.4 is 5.32 Å². The standard InChI is InChI=1S/C22H25NO4/c1-15-7-5-6-10-18-19(24)12-11-17(21(25)20(15)18)13-23-22(26)27-14-16-8-3-2-4-9-16/h2-6,8-10,15,17,20H,7,11-14H2,1H3,(H,23,26)/t15-,17-,20?/m1/s1. The highest BCUT2D eigenvalue weighted by Gasteiger charge is 2.39. The molecule has 0 aromatic heterocycles. The number of ketones is 2. The Labute approximate surface area is 159 Å². The quantitative estimate of drug-likeness (QED) is 0.882. The molecular formula is C22H25NO4. The van der Waals surface area contributed by atoms with Gasteiger partial charge < -0.3 is 10.1 Å². The summed E-state index contributed by atoms with van der Waals surface area (Å²) in [5.41, 5.74) is 1.52. The summed E-state index contributed by atoms with van der Waals surface area (Å²) in [6, 6.07) is 9.42. The molecule has 1 N–H and O–H groups in total. The summed E-state index contributed by atoms with van der Waals surface area (Å²) >= 11 is 0. The molecule has 1 aromatic rings. The van der Waals surface area contributed by atoms with Crippen LogP contribution in [0.3, 0.4) is 0 Å². The average molecular weight is 367 g/mol. The third-order valence-electron chi connectivity index (χ3n) is 5.28. The Bertz CT molecular complexity index is 766. The van der Waals surface area contributed by atoms with Gasteiger partial charge in [-0.15, -0.1) is 0 Å². The van der Waals surface area contributed by atoms with E-state index >= 15 is 0 Å². The number of Topliss-reactive ketones (excluding diaryl/α,β-unsaturated/α-hetero) is 2. The van der Waals surface area contributed by atoms with Crippen LogP contribution in [0.2, 0.25) is 0 Å². The van der Waals surface area contributed by atoms with E-state index in [0.29, 0.717) is 18.4 Å². The number of fused-ring (bicyclic) bond motifs is 1. The van der Waals surface area contributed by atoms with Gasteiger partial charge in [-0.3, -0.25) is 9.59 Å². The topological polar surface area (TPSA) is 72.5 Å². The molecule has 142 valence electrons. The van der Waals surface area contributed by atoms with Crippen LogP contribution in [0.5, 0.6) is 0 Å². The molecular weight excluding hydrogens is 342 g/mol. The number of benzene rings is 1. The van der Waals surface area contributed by atoms with Gasteiger partial charge in [0.2, 0.25) is 0 Å². The molecule has 3 atom stereocenters. The van der Waals surface area contributed by atoms with Gasteiger partial charge >= 0.3 is 6.09 Å². The molecule has 3 rings (SSSR count). The van der Waals surface area contributed by atoms with Gasteiger partial charge in [0.05, 0.1) is 0 Å². The molecule has 27 heavy (non-hydrogen) atoms. The molecule has 1 fully saturated rings. The molecule has 1 unspecified atom stereocenters. The molecule has 0 radical (unpaired) electrons. The lowest BCUT2D eigenvalue weighted by atomic mass is 9.79. The number of hydrogen-bond donors (Lipinski definition) is 1. The fraction of sp³-hybridized carbons (Fsp3) is 0.409. The van der Waals surface area contributed by atoms with Crippen molar-refractivity contribution in [1.29, 1.82) is 0 Å². The van der Waals surface area contributed by atoms with E-state index in [1.54, 1.807) is 6.08 Å². The Morgan fingerprint density at radius 2 is 2.00 bits per heavy atom. The van der Waals surface area contributed by atoms with E-state index in [4.69, 9.17) is 4.74 Å². The van der Waals surface area contributed by atoms with E-state index in [1.165, 1.54) is 0 Å². The first-order valence-electron chi connectivity index (χ1n) is 9.44. The minimum absolute atomic E-state index is 0.0425. The molecule has 0 bridgehead atoms. The summed E-state index contributed by atoms with van der Waals surface area (Å²) in [6.07, 6.45) is 6.67. The second kappa shape index (κ2) is 8.80. The second-order valence-corrected chi connectivity index (χ2v) is 7.24. The Balaban J connectivity index is 1.59. The normalized spacial score (nSPS) is 25.1. The maximum absolute atomic E-state index is 13.1. The Morgan fingerprint density at radius 1 is 1.22 bits per heavy atom. The lowest BCUT2D eigenvalue weighted by molar-refractivity contribution is -0.127. The highest BCUT2D eigenvalue weighted by atomic mass is 16.5. The second-order valence-electron chi connectivity index (χ2n) is 7.24. The zero-order valence-electron chi connectivity index (χ0n) is 15.5. The number of rotatable bonds is 4. The van der Waals surface area contributed by atoms with Gasteiger partial charge in [-0.25, -0.2) is 4.79 Å². The van der Waals surface area contributed by atoms with Crippen molar-refractivity contribution < 1.29 is 19.1 Å². The van der Waals surface area contributed by atoms with Crippen molar-refractivity contribution in [1.82, 2.24) is 5.32 Å². The van der Waals surface area contributed by atoms with Gasteiger partial charge in [-0.05, 0) is 24.3 Å². The van der Waals surface area contributed by atoms with Crippen LogP contribution in [0.25, 0.3) is 0 Å². The van der Waals surface area contributed by atoms with Crippen LogP contribution >= 0.6 is 0 Å². The fourth-order valence-corrected chi connectivity index (χ4v) is 3.74. The third kappa shape index (κ3) is 4.73. The van der Waals surface area contributed by atoms with Crippen LogP contribution in [0.1, 0.15) is 31.7 Å². The number of ether oxygens (including phenoxy) is 1. The van der Waals surface area contributed by atoms with Gasteiger partial charge in [0.1, 0.15) is 12.4 Å². The van der Waals surface area contributed by atoms with E-state index in [0.717, 1.165) is 12.0 Å². The number of nitrogens with one attached hydrogen (secondary N) is 1. The van der Waals surface area contributed by atoms with Crippen molar-refractivity contribution in [2.24, 2.45) is 17.8 Å². The Kier molecular flexibility index (Phi) is 6.22. The number of carbonyl (C=O) groups excluding carboxylic acids is 3. The minimum atomic E-state index is -0.548. The molecule has 0 aliphatic heterocycles. The molecule has 0 heterocycles. The summed E-state index contributed by atoms with van der Waals surface area (Å²) < 4.78 is 5.20. The number of hydrogen-bond acceptors (Lipinski definition) is 4. The predicted molar refractivity (Wildman–Crippen MR) is 102 cm³/mol. The first-order valence-corrected chi connectivity index (χ1v) is 9.44. The largest absolute Gasteiger partial charge is 0.445 e. The lowest BCUT2D eigenvalue weighted by Gasteiger charge is -2.24. The van der Waals surface area contributed by atoms with Crippen molar-refractivity contribution in [3.8, 4) is 0 Å². The molecule has 0 spiro atoms. The highest BCUT2D eigenvalue weighted by molar-refractivity contribution is 6.04. The predicted octanol–water partition coefficient (Wildman–Crippen LogP) is 3.60. The summed E-state index contributed by atoms with van der Waals surface area (Å²) in [5, 5.41) is 2.69. The third-order valence-corrected chi connectivity index (χ3v) is 5.28. The van der Waals surface area contributed by atoms with Crippen molar-refractivity contribution >= 4 is 17.7 Å². The molecule has 1 amide bonds. The zero-order valence-corrected chi connectivity index (χ0v) is 15.5. The van der Waals surface area contributed by atoms with Crippen LogP contribution in [0.4, 0.5) is 4.79 Å². The highest BCUT2D eigenvalue weighted by Crippen LogP contribution is 2.35. The summed E-state index contributed by atoms with van der Waals surface area (Å²) in [5.74, 6) is -0.582. The molecule has 1 aromatic carbocycles. The number of carbonyl (C=O) groups is 3. The van der Waals surface area contributed by atoms with Gasteiger partial charge in [-0.2, -0.15) is 0 Å². The van der Waals surface area contributed by atoms with E-state index in [1.807, 2.05) is 49.4 Å². The fourth-order valence-electron chi connectivity index (χ4n) is 3.74. The van der Waals surface area contributed by atoms with Crippen LogP contribution in [0, 0.1) is 17.8 Å². The summed E-state index contributed by atoms with van der Waals surface area (Å²) in [6.45, 7) is 2.38. The summed E-state index contributed by atoms with van der Waals surface area (Å²) in [4.78, 5) is 37.5. The summed E-state index contributed by atoms with van der Waals surface area (Å²) in [7, 11) is 0. The number of amides is 1. The SMILES string of the molecule is C[C@@H]1CC=CC=C2C(=O)CC[C@H](CNC(=O)OCc3ccccc3)C(=O)C21. The van der Waals surface area contributed by atoms with Crippen LogP contribution in [-0.4, -0.2) is 24.2 Å². The molecule has 5 heteroatoms. The molecule has 0 saturated heterocycles.